The lowest BCUT2D eigenvalue weighted by atomic mass is 9.95. The molecule has 0 aliphatic carbocycles. The van der Waals surface area contributed by atoms with Crippen molar-refractivity contribution in [3.8, 4) is 23.0 Å². The van der Waals surface area contributed by atoms with Crippen molar-refractivity contribution in [2.24, 2.45) is 5.92 Å². The quantitative estimate of drug-likeness (QED) is 0.892. The zero-order valence-corrected chi connectivity index (χ0v) is 13.7. The Bertz CT molecular complexity index is 749. The van der Waals surface area contributed by atoms with Crippen LogP contribution in [0.2, 0.25) is 0 Å². The first-order valence-corrected chi connectivity index (χ1v) is 7.92. The molecule has 2 aromatic carbocycles. The zero-order valence-electron chi connectivity index (χ0n) is 13.7. The Balaban J connectivity index is 1.80. The highest BCUT2D eigenvalue weighted by molar-refractivity contribution is 6.02. The summed E-state index contributed by atoms with van der Waals surface area (Å²) in [7, 11) is 0. The van der Waals surface area contributed by atoms with Gasteiger partial charge in [0.15, 0.2) is 5.78 Å². The van der Waals surface area contributed by atoms with Crippen molar-refractivity contribution < 1.29 is 24.5 Å². The van der Waals surface area contributed by atoms with Gasteiger partial charge in [-0.1, -0.05) is 26.0 Å². The lowest BCUT2D eigenvalue weighted by molar-refractivity contribution is 0.0845. The molecule has 0 saturated heterocycles. The van der Waals surface area contributed by atoms with E-state index in [-0.39, 0.29) is 35.0 Å². The molecule has 0 fully saturated rings. The molecule has 0 saturated carbocycles. The number of hydrogen-bond acceptors (Lipinski definition) is 5. The Morgan fingerprint density at radius 3 is 2.58 bits per heavy atom. The van der Waals surface area contributed by atoms with E-state index in [2.05, 4.69) is 13.8 Å². The molecule has 1 aliphatic rings. The first-order valence-electron chi connectivity index (χ1n) is 7.92. The van der Waals surface area contributed by atoms with Gasteiger partial charge in [-0.15, -0.1) is 0 Å². The van der Waals surface area contributed by atoms with Crippen LogP contribution in [0.5, 0.6) is 23.0 Å². The maximum Gasteiger partial charge on any atom is 0.174 e. The lowest BCUT2D eigenvalue weighted by Gasteiger charge is -2.26. The van der Waals surface area contributed by atoms with Crippen LogP contribution in [0.4, 0.5) is 0 Å². The molecular formula is C19H20O5. The van der Waals surface area contributed by atoms with Crippen molar-refractivity contribution in [1.29, 1.82) is 0 Å². The summed E-state index contributed by atoms with van der Waals surface area (Å²) in [6, 6.07) is 9.91. The summed E-state index contributed by atoms with van der Waals surface area (Å²) in [6.45, 7) is 4.81. The van der Waals surface area contributed by atoms with Gasteiger partial charge in [-0.3, -0.25) is 4.79 Å². The molecular weight excluding hydrogens is 308 g/mol. The summed E-state index contributed by atoms with van der Waals surface area (Å²) < 4.78 is 11.5. The van der Waals surface area contributed by atoms with Crippen LogP contribution in [0.1, 0.15) is 42.3 Å². The number of ether oxygens (including phenoxy) is 2. The Morgan fingerprint density at radius 2 is 1.92 bits per heavy atom. The van der Waals surface area contributed by atoms with Crippen LogP contribution in [0, 0.1) is 5.92 Å². The van der Waals surface area contributed by atoms with E-state index in [9.17, 15) is 15.0 Å². The fraction of sp³-hybridized carbons (Fsp3) is 0.316. The van der Waals surface area contributed by atoms with Gasteiger partial charge >= 0.3 is 0 Å². The standard InChI is InChI=1S/C19H20O5/c1-11(2)10-23-14-5-3-12(4-6-14)17-9-16(22)19-15(21)7-13(20)8-18(19)24-17/h3-8,11,17,20-21H,9-10H2,1-2H3. The molecule has 1 atom stereocenters. The number of fused-ring (bicyclic) bond motifs is 1. The van der Waals surface area contributed by atoms with Crippen LogP contribution in [0.3, 0.4) is 0 Å². The molecule has 0 bridgehead atoms. The van der Waals surface area contributed by atoms with Crippen LogP contribution in [0.15, 0.2) is 36.4 Å². The van der Waals surface area contributed by atoms with Gasteiger partial charge in [-0.2, -0.15) is 0 Å². The average molecular weight is 328 g/mol. The molecule has 3 rings (SSSR count). The fourth-order valence-corrected chi connectivity index (χ4v) is 2.65. The molecule has 1 heterocycles. The number of carbonyl (C=O) groups is 1. The highest BCUT2D eigenvalue weighted by Crippen LogP contribution is 2.41. The van der Waals surface area contributed by atoms with Crippen LogP contribution < -0.4 is 9.47 Å². The summed E-state index contributed by atoms with van der Waals surface area (Å²) >= 11 is 0. The number of ketones is 1. The molecule has 24 heavy (non-hydrogen) atoms. The van der Waals surface area contributed by atoms with Crippen molar-refractivity contribution in [2.75, 3.05) is 6.61 Å². The maximum absolute atomic E-state index is 12.3. The first kappa shape index (κ1) is 16.2. The largest absolute Gasteiger partial charge is 0.508 e. The maximum atomic E-state index is 12.3. The molecule has 0 spiro atoms. The minimum atomic E-state index is -0.453. The molecule has 2 aromatic rings. The van der Waals surface area contributed by atoms with Gasteiger partial charge in [-0.05, 0) is 23.6 Å². The summed E-state index contributed by atoms with van der Waals surface area (Å²) in [5.74, 6) is 0.807. The topological polar surface area (TPSA) is 76.0 Å². The number of phenolic OH excluding ortho intramolecular Hbond substituents is 2. The Hall–Kier alpha value is -2.69. The molecule has 5 nitrogen and oxygen atoms in total. The van der Waals surface area contributed by atoms with Crippen molar-refractivity contribution in [3.05, 3.63) is 47.5 Å². The smallest absolute Gasteiger partial charge is 0.174 e. The second kappa shape index (κ2) is 6.43. The summed E-state index contributed by atoms with van der Waals surface area (Å²) in [5.41, 5.74) is 0.967. The van der Waals surface area contributed by atoms with Gasteiger partial charge in [0.05, 0.1) is 13.0 Å². The molecule has 0 amide bonds. The second-order valence-corrected chi connectivity index (χ2v) is 6.35. The van der Waals surface area contributed by atoms with Gasteiger partial charge in [0.1, 0.15) is 34.7 Å². The van der Waals surface area contributed by atoms with Crippen LogP contribution in [0.25, 0.3) is 0 Å². The predicted molar refractivity (Wildman–Crippen MR) is 88.9 cm³/mol. The molecule has 126 valence electrons. The van der Waals surface area contributed by atoms with E-state index in [0.29, 0.717) is 12.5 Å². The third-order valence-electron chi connectivity index (χ3n) is 3.82. The molecule has 0 aromatic heterocycles. The number of hydrogen-bond donors (Lipinski definition) is 2. The number of aromatic hydroxyl groups is 2. The monoisotopic (exact) mass is 328 g/mol. The van der Waals surface area contributed by atoms with E-state index in [1.165, 1.54) is 6.07 Å². The molecule has 2 N–H and O–H groups in total. The van der Waals surface area contributed by atoms with Crippen LogP contribution in [-0.4, -0.2) is 22.6 Å². The number of rotatable bonds is 4. The van der Waals surface area contributed by atoms with E-state index < -0.39 is 6.10 Å². The minimum Gasteiger partial charge on any atom is -0.508 e. The third-order valence-corrected chi connectivity index (χ3v) is 3.82. The normalized spacial score (nSPS) is 16.6. The Labute approximate surface area is 140 Å². The summed E-state index contributed by atoms with van der Waals surface area (Å²) in [4.78, 5) is 12.3. The minimum absolute atomic E-state index is 0.126. The SMILES string of the molecule is CC(C)COc1ccc(C2CC(=O)c3c(O)cc(O)cc3O2)cc1. The number of benzene rings is 2. The highest BCUT2D eigenvalue weighted by Gasteiger charge is 2.30. The Morgan fingerprint density at radius 1 is 1.21 bits per heavy atom. The van der Waals surface area contributed by atoms with E-state index in [1.807, 2.05) is 24.3 Å². The van der Waals surface area contributed by atoms with Gasteiger partial charge in [-0.25, -0.2) is 0 Å². The fourth-order valence-electron chi connectivity index (χ4n) is 2.65. The summed E-state index contributed by atoms with van der Waals surface area (Å²) in [5, 5.41) is 19.4. The van der Waals surface area contributed by atoms with Gasteiger partial charge in [0.25, 0.3) is 0 Å². The van der Waals surface area contributed by atoms with Gasteiger partial charge in [0, 0.05) is 12.1 Å². The van der Waals surface area contributed by atoms with Crippen molar-refractivity contribution in [1.82, 2.24) is 0 Å². The lowest BCUT2D eigenvalue weighted by Crippen LogP contribution is -2.20. The van der Waals surface area contributed by atoms with E-state index in [4.69, 9.17) is 9.47 Å². The van der Waals surface area contributed by atoms with Crippen molar-refractivity contribution >= 4 is 5.78 Å². The van der Waals surface area contributed by atoms with Crippen LogP contribution in [-0.2, 0) is 0 Å². The average Bonchev–Trinajstić information content (AvgIpc) is 2.52. The van der Waals surface area contributed by atoms with E-state index >= 15 is 0 Å². The molecule has 0 radical (unpaired) electrons. The highest BCUT2D eigenvalue weighted by atomic mass is 16.5. The number of carbonyl (C=O) groups excluding carboxylic acids is 1. The van der Waals surface area contributed by atoms with E-state index in [0.717, 1.165) is 17.4 Å². The summed E-state index contributed by atoms with van der Waals surface area (Å²) in [6.07, 6.45) is -0.317. The molecule has 1 unspecified atom stereocenters. The number of Topliss-reactive ketones (excluding diaryl/α,β-unsaturated/α-hetero) is 1. The van der Waals surface area contributed by atoms with E-state index in [1.54, 1.807) is 0 Å². The second-order valence-electron chi connectivity index (χ2n) is 6.35. The predicted octanol–water partition coefficient (Wildman–Crippen LogP) is 3.84. The third kappa shape index (κ3) is 3.30. The van der Waals surface area contributed by atoms with Gasteiger partial charge in [0.2, 0.25) is 0 Å². The zero-order chi connectivity index (χ0) is 17.3. The first-order chi connectivity index (χ1) is 11.4. The molecule has 1 aliphatic heterocycles. The van der Waals surface area contributed by atoms with Gasteiger partial charge < -0.3 is 19.7 Å². The number of phenols is 2. The Kier molecular flexibility index (Phi) is 4.34. The van der Waals surface area contributed by atoms with Crippen LogP contribution >= 0.6 is 0 Å². The van der Waals surface area contributed by atoms with Crippen molar-refractivity contribution in [3.63, 3.8) is 0 Å². The van der Waals surface area contributed by atoms with Crippen molar-refractivity contribution in [2.45, 2.75) is 26.4 Å². The molecule has 5 heteroatoms.